The first-order valence-corrected chi connectivity index (χ1v) is 8.42. The minimum Gasteiger partial charge on any atom is -0.354 e. The molecular weight excluding hydrogens is 306 g/mol. The molecule has 3 heteroatoms. The molecule has 0 saturated heterocycles. The van der Waals surface area contributed by atoms with Crippen molar-refractivity contribution in [1.82, 2.24) is 15.0 Å². The maximum atomic E-state index is 4.85. The van der Waals surface area contributed by atoms with Gasteiger partial charge in [0.1, 0.15) is 5.82 Å². The third-order valence-corrected chi connectivity index (χ3v) is 4.64. The van der Waals surface area contributed by atoms with Crippen molar-refractivity contribution in [2.75, 3.05) is 0 Å². The Morgan fingerprint density at radius 3 is 2.40 bits per heavy atom. The zero-order chi connectivity index (χ0) is 16.8. The summed E-state index contributed by atoms with van der Waals surface area (Å²) < 4.78 is 0. The van der Waals surface area contributed by atoms with E-state index in [0.717, 1.165) is 39.2 Å². The van der Waals surface area contributed by atoms with E-state index in [0.29, 0.717) is 0 Å². The molecule has 0 amide bonds. The van der Waals surface area contributed by atoms with Gasteiger partial charge in [-0.1, -0.05) is 54.1 Å². The molecule has 0 saturated carbocycles. The number of aryl methyl sites for hydroxylation is 1. The lowest BCUT2D eigenvalue weighted by Gasteiger charge is -2.03. The summed E-state index contributed by atoms with van der Waals surface area (Å²) in [5, 5.41) is 1.19. The van der Waals surface area contributed by atoms with E-state index >= 15 is 0 Å². The van der Waals surface area contributed by atoms with E-state index in [1.165, 1.54) is 10.9 Å². The Kier molecular flexibility index (Phi) is 3.01. The molecule has 0 aliphatic rings. The second-order valence-electron chi connectivity index (χ2n) is 6.39. The van der Waals surface area contributed by atoms with Crippen LogP contribution in [0.3, 0.4) is 0 Å². The third-order valence-electron chi connectivity index (χ3n) is 4.64. The average Bonchev–Trinajstić information content (AvgIpc) is 3.22. The molecule has 0 radical (unpaired) electrons. The quantitative estimate of drug-likeness (QED) is 0.431. The second kappa shape index (κ2) is 5.35. The highest BCUT2D eigenvalue weighted by molar-refractivity contribution is 6.03. The zero-order valence-corrected chi connectivity index (χ0v) is 13.9. The lowest BCUT2D eigenvalue weighted by atomic mass is 10.0. The number of benzene rings is 3. The van der Waals surface area contributed by atoms with E-state index in [-0.39, 0.29) is 0 Å². The molecular formula is C22H17N3. The first-order valence-electron chi connectivity index (χ1n) is 8.42. The lowest BCUT2D eigenvalue weighted by Crippen LogP contribution is -1.84. The molecule has 5 aromatic rings. The molecule has 2 aromatic heterocycles. The van der Waals surface area contributed by atoms with Crippen LogP contribution < -0.4 is 0 Å². The summed E-state index contributed by atoms with van der Waals surface area (Å²) in [5.41, 5.74) is 7.79. The third kappa shape index (κ3) is 2.24. The van der Waals surface area contributed by atoms with Crippen LogP contribution in [-0.4, -0.2) is 15.0 Å². The van der Waals surface area contributed by atoms with Gasteiger partial charge in [0.2, 0.25) is 0 Å². The fraction of sp³-hybridized carbons (Fsp3) is 0.0455. The predicted octanol–water partition coefficient (Wildman–Crippen LogP) is 5.69. The largest absolute Gasteiger partial charge is 0.354 e. The van der Waals surface area contributed by atoms with Crippen molar-refractivity contribution < 1.29 is 0 Å². The van der Waals surface area contributed by atoms with Gasteiger partial charge in [-0.2, -0.15) is 0 Å². The van der Waals surface area contributed by atoms with Crippen molar-refractivity contribution >= 4 is 21.9 Å². The van der Waals surface area contributed by atoms with Gasteiger partial charge in [0.25, 0.3) is 0 Å². The monoisotopic (exact) mass is 323 g/mol. The summed E-state index contributed by atoms with van der Waals surface area (Å²) >= 11 is 0. The van der Waals surface area contributed by atoms with E-state index in [2.05, 4.69) is 65.4 Å². The molecule has 0 bridgehead atoms. The molecule has 0 unspecified atom stereocenters. The van der Waals surface area contributed by atoms with Crippen LogP contribution in [0.15, 0.2) is 72.8 Å². The summed E-state index contributed by atoms with van der Waals surface area (Å²) in [4.78, 5) is 11.9. The van der Waals surface area contributed by atoms with Gasteiger partial charge < -0.3 is 9.97 Å². The van der Waals surface area contributed by atoms with E-state index in [4.69, 9.17) is 4.98 Å². The first-order chi connectivity index (χ1) is 12.3. The maximum Gasteiger partial charge on any atom is 0.141 e. The van der Waals surface area contributed by atoms with Crippen LogP contribution in [0.4, 0.5) is 0 Å². The smallest absolute Gasteiger partial charge is 0.141 e. The van der Waals surface area contributed by atoms with Crippen molar-refractivity contribution in [3.8, 4) is 22.6 Å². The molecule has 5 rings (SSSR count). The summed E-state index contributed by atoms with van der Waals surface area (Å²) in [5.74, 6) is 0.900. The SMILES string of the molecule is Cc1ccc2[nH]c(-c3ccccc3)c(-c3nc4ccccc4[nH]3)c2c1. The van der Waals surface area contributed by atoms with Crippen LogP contribution in [-0.2, 0) is 0 Å². The molecule has 0 fully saturated rings. The number of imidazole rings is 1. The molecule has 0 aliphatic heterocycles. The highest BCUT2D eigenvalue weighted by Crippen LogP contribution is 2.38. The van der Waals surface area contributed by atoms with Gasteiger partial charge in [-0.05, 0) is 36.8 Å². The Morgan fingerprint density at radius 2 is 1.56 bits per heavy atom. The summed E-state index contributed by atoms with van der Waals surface area (Å²) in [6.07, 6.45) is 0. The number of aromatic amines is 2. The normalized spacial score (nSPS) is 11.4. The zero-order valence-electron chi connectivity index (χ0n) is 13.9. The molecule has 3 nitrogen and oxygen atoms in total. The fourth-order valence-electron chi connectivity index (χ4n) is 3.44. The number of fused-ring (bicyclic) bond motifs is 2. The van der Waals surface area contributed by atoms with Crippen molar-refractivity contribution in [2.24, 2.45) is 0 Å². The van der Waals surface area contributed by atoms with Crippen LogP contribution in [0.1, 0.15) is 5.56 Å². The number of H-pyrrole nitrogens is 2. The fourth-order valence-corrected chi connectivity index (χ4v) is 3.44. The van der Waals surface area contributed by atoms with Gasteiger partial charge in [-0.15, -0.1) is 0 Å². The van der Waals surface area contributed by atoms with Crippen LogP contribution in [0.2, 0.25) is 0 Å². The number of aromatic nitrogens is 3. The van der Waals surface area contributed by atoms with Gasteiger partial charge in [-0.3, -0.25) is 0 Å². The molecule has 0 spiro atoms. The standard InChI is InChI=1S/C22H17N3/c1-14-11-12-17-16(13-14)20(21(23-17)15-7-3-2-4-8-15)22-24-18-9-5-6-10-19(18)25-22/h2-13,23H,1H3,(H,24,25). The minimum atomic E-state index is 0.900. The summed E-state index contributed by atoms with van der Waals surface area (Å²) in [7, 11) is 0. The molecule has 25 heavy (non-hydrogen) atoms. The first kappa shape index (κ1) is 14.1. The Hall–Kier alpha value is -3.33. The second-order valence-corrected chi connectivity index (χ2v) is 6.39. The van der Waals surface area contributed by atoms with Crippen molar-refractivity contribution in [3.63, 3.8) is 0 Å². The lowest BCUT2D eigenvalue weighted by molar-refractivity contribution is 1.34. The van der Waals surface area contributed by atoms with Gasteiger partial charge in [0.15, 0.2) is 0 Å². The van der Waals surface area contributed by atoms with Gasteiger partial charge in [-0.25, -0.2) is 4.98 Å². The number of nitrogens with zero attached hydrogens (tertiary/aromatic N) is 1. The van der Waals surface area contributed by atoms with E-state index in [1.807, 2.05) is 24.3 Å². The van der Waals surface area contributed by atoms with Gasteiger partial charge >= 0.3 is 0 Å². The highest BCUT2D eigenvalue weighted by Gasteiger charge is 2.18. The molecule has 2 N–H and O–H groups in total. The number of para-hydroxylation sites is 2. The number of hydrogen-bond donors (Lipinski definition) is 2. The van der Waals surface area contributed by atoms with E-state index in [1.54, 1.807) is 0 Å². The molecule has 120 valence electrons. The Labute approximate surface area is 145 Å². The topological polar surface area (TPSA) is 44.5 Å². The number of hydrogen-bond acceptors (Lipinski definition) is 1. The van der Waals surface area contributed by atoms with Crippen LogP contribution in [0.25, 0.3) is 44.6 Å². The molecule has 3 aromatic carbocycles. The van der Waals surface area contributed by atoms with Gasteiger partial charge in [0.05, 0.1) is 22.3 Å². The average molecular weight is 323 g/mol. The number of rotatable bonds is 2. The highest BCUT2D eigenvalue weighted by atomic mass is 14.9. The Morgan fingerprint density at radius 1 is 0.760 bits per heavy atom. The van der Waals surface area contributed by atoms with Gasteiger partial charge in [0, 0.05) is 10.9 Å². The van der Waals surface area contributed by atoms with Crippen LogP contribution in [0, 0.1) is 6.92 Å². The van der Waals surface area contributed by atoms with E-state index in [9.17, 15) is 0 Å². The van der Waals surface area contributed by atoms with Crippen molar-refractivity contribution in [3.05, 3.63) is 78.4 Å². The van der Waals surface area contributed by atoms with Crippen molar-refractivity contribution in [1.29, 1.82) is 0 Å². The van der Waals surface area contributed by atoms with Crippen molar-refractivity contribution in [2.45, 2.75) is 6.92 Å². The Bertz CT molecular complexity index is 1160. The Balaban J connectivity index is 1.87. The predicted molar refractivity (Wildman–Crippen MR) is 104 cm³/mol. The summed E-state index contributed by atoms with van der Waals surface area (Å²) in [6.45, 7) is 2.12. The maximum absolute atomic E-state index is 4.85. The molecule has 0 aliphatic carbocycles. The molecule has 2 heterocycles. The summed E-state index contributed by atoms with van der Waals surface area (Å²) in [6, 6.07) is 25.1. The number of nitrogens with one attached hydrogen (secondary N) is 2. The minimum absolute atomic E-state index is 0.900. The van der Waals surface area contributed by atoms with Crippen LogP contribution >= 0.6 is 0 Å². The molecule has 0 atom stereocenters. The van der Waals surface area contributed by atoms with Crippen LogP contribution in [0.5, 0.6) is 0 Å². The van der Waals surface area contributed by atoms with E-state index < -0.39 is 0 Å².